The van der Waals surface area contributed by atoms with Gasteiger partial charge in [-0.3, -0.25) is 19.7 Å². The van der Waals surface area contributed by atoms with Gasteiger partial charge in [-0.15, -0.1) is 0 Å². The number of dihydropyridines is 1. The fourth-order valence-electron chi connectivity index (χ4n) is 5.83. The van der Waals surface area contributed by atoms with Crippen molar-refractivity contribution in [3.05, 3.63) is 98.4 Å². The van der Waals surface area contributed by atoms with Crippen LogP contribution in [0.25, 0.3) is 0 Å². The number of rotatable bonds is 9. The largest absolute Gasteiger partial charge is 0.362 e. The van der Waals surface area contributed by atoms with E-state index in [9.17, 15) is 25.0 Å². The van der Waals surface area contributed by atoms with Crippen LogP contribution in [0.4, 0.5) is 5.69 Å². The molecule has 0 aromatic heterocycles. The number of hydrogen-bond donors (Lipinski definition) is 3. The number of benzene rings is 2. The lowest BCUT2D eigenvalue weighted by Gasteiger charge is -2.37. The van der Waals surface area contributed by atoms with Crippen LogP contribution in [0.3, 0.4) is 0 Å². The summed E-state index contributed by atoms with van der Waals surface area (Å²) in [5, 5.41) is 30.0. The Morgan fingerprint density at radius 2 is 1.66 bits per heavy atom. The van der Waals surface area contributed by atoms with E-state index in [1.54, 1.807) is 26.0 Å². The molecule has 2 aliphatic heterocycles. The number of piperidine rings is 1. The Labute approximate surface area is 240 Å². The van der Waals surface area contributed by atoms with Gasteiger partial charge in [0.15, 0.2) is 0 Å². The molecule has 0 bridgehead atoms. The molecule has 3 N–H and O–H groups in total. The Kier molecular flexibility index (Phi) is 9.20. The minimum absolute atomic E-state index is 0.0647. The van der Waals surface area contributed by atoms with Crippen molar-refractivity contribution in [1.82, 2.24) is 20.9 Å². The zero-order chi connectivity index (χ0) is 29.6. The molecule has 41 heavy (non-hydrogen) atoms. The van der Waals surface area contributed by atoms with Gasteiger partial charge in [0.1, 0.15) is 0 Å². The number of allylic oxidation sites excluding steroid dienone is 2. The average molecular weight is 557 g/mol. The number of non-ortho nitro benzene ring substituents is 1. The highest BCUT2D eigenvalue weighted by Gasteiger charge is 2.37. The van der Waals surface area contributed by atoms with Gasteiger partial charge in [0.05, 0.1) is 16.4 Å². The van der Waals surface area contributed by atoms with Gasteiger partial charge >= 0.3 is 0 Å². The topological polar surface area (TPSA) is 140 Å². The van der Waals surface area contributed by atoms with Crippen LogP contribution in [0, 0.1) is 21.4 Å². The van der Waals surface area contributed by atoms with E-state index in [0.717, 1.165) is 44.5 Å². The highest BCUT2D eigenvalue weighted by molar-refractivity contribution is 6.03. The summed E-state index contributed by atoms with van der Waals surface area (Å²) in [6.07, 6.45) is 2.26. The van der Waals surface area contributed by atoms with Gasteiger partial charge in [0, 0.05) is 54.2 Å². The molecule has 2 amide bonds. The number of likely N-dealkylation sites (tertiary alicyclic amines) is 1. The second-order valence-corrected chi connectivity index (χ2v) is 10.6. The summed E-state index contributed by atoms with van der Waals surface area (Å²) in [4.78, 5) is 39.5. The number of carbonyl (C=O) groups is 2. The van der Waals surface area contributed by atoms with Gasteiger partial charge in [-0.05, 0) is 63.9 Å². The summed E-state index contributed by atoms with van der Waals surface area (Å²) < 4.78 is 0. The Morgan fingerprint density at radius 1 is 1.05 bits per heavy atom. The van der Waals surface area contributed by atoms with Crippen LogP contribution >= 0.6 is 0 Å². The molecule has 1 atom stereocenters. The second kappa shape index (κ2) is 12.8. The van der Waals surface area contributed by atoms with Crippen molar-refractivity contribution in [2.75, 3.05) is 33.2 Å². The molecule has 0 spiro atoms. The summed E-state index contributed by atoms with van der Waals surface area (Å²) in [6.45, 7) is 6.43. The van der Waals surface area contributed by atoms with Crippen LogP contribution in [0.1, 0.15) is 50.2 Å². The predicted octanol–water partition coefficient (Wildman–Crippen LogP) is 3.64. The highest BCUT2D eigenvalue weighted by atomic mass is 16.6. The molecule has 0 radical (unpaired) electrons. The van der Waals surface area contributed by atoms with Crippen molar-refractivity contribution in [3.63, 3.8) is 0 Å². The van der Waals surface area contributed by atoms with E-state index in [2.05, 4.69) is 26.9 Å². The van der Waals surface area contributed by atoms with E-state index < -0.39 is 16.3 Å². The highest BCUT2D eigenvalue weighted by Crippen LogP contribution is 2.39. The number of nitriles is 1. The van der Waals surface area contributed by atoms with E-state index in [1.807, 2.05) is 30.3 Å². The first-order chi connectivity index (χ1) is 19.7. The number of amides is 2. The molecule has 214 valence electrons. The van der Waals surface area contributed by atoms with E-state index in [4.69, 9.17) is 0 Å². The smallest absolute Gasteiger partial charge is 0.269 e. The monoisotopic (exact) mass is 556 g/mol. The zero-order valence-electron chi connectivity index (χ0n) is 23.7. The molecular formula is C31H36N6O4. The maximum Gasteiger partial charge on any atom is 0.269 e. The van der Waals surface area contributed by atoms with Gasteiger partial charge in [0.2, 0.25) is 11.8 Å². The average Bonchev–Trinajstić information content (AvgIpc) is 2.99. The van der Waals surface area contributed by atoms with E-state index in [-0.39, 0.29) is 17.5 Å². The summed E-state index contributed by atoms with van der Waals surface area (Å²) in [5.41, 5.74) is 3.22. The Balaban J connectivity index is 1.41. The fourth-order valence-corrected chi connectivity index (χ4v) is 5.83. The van der Waals surface area contributed by atoms with Crippen LogP contribution in [0.5, 0.6) is 0 Å². The molecule has 1 fully saturated rings. The van der Waals surface area contributed by atoms with Crippen molar-refractivity contribution in [2.24, 2.45) is 0 Å². The van der Waals surface area contributed by atoms with Crippen LogP contribution < -0.4 is 16.0 Å². The summed E-state index contributed by atoms with van der Waals surface area (Å²) in [7, 11) is 1.53. The van der Waals surface area contributed by atoms with E-state index in [1.165, 1.54) is 19.2 Å². The van der Waals surface area contributed by atoms with Crippen molar-refractivity contribution in [3.8, 4) is 6.07 Å². The van der Waals surface area contributed by atoms with E-state index in [0.29, 0.717) is 34.6 Å². The molecule has 0 aliphatic carbocycles. The molecule has 2 aromatic carbocycles. The van der Waals surface area contributed by atoms with Crippen LogP contribution in [0.2, 0.25) is 0 Å². The maximum absolute atomic E-state index is 13.5. The first kappa shape index (κ1) is 29.5. The third-order valence-electron chi connectivity index (χ3n) is 8.10. The molecule has 0 saturated carbocycles. The number of carbonyl (C=O) groups excluding carboxylic acids is 2. The first-order valence-corrected chi connectivity index (χ1v) is 13.8. The van der Waals surface area contributed by atoms with Gasteiger partial charge in [-0.2, -0.15) is 5.26 Å². The normalized spacial score (nSPS) is 18.7. The third-order valence-corrected chi connectivity index (χ3v) is 8.10. The van der Waals surface area contributed by atoms with E-state index >= 15 is 0 Å². The number of likely N-dealkylation sites (N-methyl/N-ethyl adjacent to an activating group) is 1. The summed E-state index contributed by atoms with van der Waals surface area (Å²) in [5.74, 6) is -1.31. The molecule has 1 saturated heterocycles. The third kappa shape index (κ3) is 6.31. The maximum atomic E-state index is 13.5. The Morgan fingerprint density at radius 3 is 2.22 bits per heavy atom. The van der Waals surface area contributed by atoms with Gasteiger partial charge < -0.3 is 20.9 Å². The Hall–Kier alpha value is -4.49. The standard InChI is InChI=1S/C31H36N6O4/c1-21-26(29(38)33-3)28(23-10-12-25(13-11-23)37(40)41)27(22(2)35-21)30(39)34-16-7-17-36-18-14-31(20-32,15-19-36)24-8-5-4-6-9-24/h4-6,8-13,28,35H,7,14-19H2,1-3H3,(H,33,38)(H,34,39). The number of nitro groups is 1. The second-order valence-electron chi connectivity index (χ2n) is 10.6. The van der Waals surface area contributed by atoms with Gasteiger partial charge in [0.25, 0.3) is 5.69 Å². The predicted molar refractivity (Wildman–Crippen MR) is 155 cm³/mol. The first-order valence-electron chi connectivity index (χ1n) is 13.8. The lowest BCUT2D eigenvalue weighted by molar-refractivity contribution is -0.384. The van der Waals surface area contributed by atoms with Crippen LogP contribution in [-0.2, 0) is 15.0 Å². The van der Waals surface area contributed by atoms with Crippen LogP contribution in [-0.4, -0.2) is 54.9 Å². The fraction of sp³-hybridized carbons (Fsp3) is 0.387. The summed E-state index contributed by atoms with van der Waals surface area (Å²) in [6, 6.07) is 18.5. The van der Waals surface area contributed by atoms with Crippen molar-refractivity contribution < 1.29 is 14.5 Å². The van der Waals surface area contributed by atoms with Gasteiger partial charge in [-0.1, -0.05) is 42.5 Å². The molecule has 10 heteroatoms. The zero-order valence-corrected chi connectivity index (χ0v) is 23.7. The molecule has 10 nitrogen and oxygen atoms in total. The quantitative estimate of drug-likeness (QED) is 0.243. The number of nitrogens with zero attached hydrogens (tertiary/aromatic N) is 3. The van der Waals surface area contributed by atoms with Crippen molar-refractivity contribution >= 4 is 17.5 Å². The molecule has 1 unspecified atom stereocenters. The number of nitro benzene ring substituents is 1. The number of hydrogen-bond acceptors (Lipinski definition) is 7. The van der Waals surface area contributed by atoms with Crippen LogP contribution in [0.15, 0.2) is 77.1 Å². The number of nitrogens with one attached hydrogen (secondary N) is 3. The van der Waals surface area contributed by atoms with Crippen molar-refractivity contribution in [2.45, 2.75) is 44.4 Å². The molecule has 4 rings (SSSR count). The molecule has 2 heterocycles. The summed E-state index contributed by atoms with van der Waals surface area (Å²) >= 11 is 0. The minimum Gasteiger partial charge on any atom is -0.362 e. The molecular weight excluding hydrogens is 520 g/mol. The minimum atomic E-state index is -0.684. The van der Waals surface area contributed by atoms with Gasteiger partial charge in [-0.25, -0.2) is 0 Å². The molecule has 2 aromatic rings. The van der Waals surface area contributed by atoms with Crippen molar-refractivity contribution in [1.29, 1.82) is 5.26 Å². The molecule has 2 aliphatic rings. The lowest BCUT2D eigenvalue weighted by Crippen LogP contribution is -2.43. The SMILES string of the molecule is CNC(=O)C1=C(C)NC(C)=C(C(=O)NCCCN2CCC(C#N)(c3ccccc3)CC2)C1c1ccc([N+](=O)[O-])cc1. The Bertz CT molecular complexity index is 1400. The lowest BCUT2D eigenvalue weighted by atomic mass is 9.74.